The van der Waals surface area contributed by atoms with Crippen molar-refractivity contribution in [2.45, 2.75) is 70.8 Å². The SMILES string of the molecule is CC(C)(C)c1cc(=O)n(CC2CCN(c3nc(C4CCC4)ns3)CC2)cn1. The number of hydrogen-bond donors (Lipinski definition) is 0. The first-order valence-electron chi connectivity index (χ1n) is 10.1. The standard InChI is InChI=1S/C20H29N5OS/c1-20(2,3)16-11-17(26)25(13-21-16)12-14-7-9-24(10-8-14)19-22-18(23-27-19)15-5-4-6-15/h11,13-15H,4-10,12H2,1-3H3. The van der Waals surface area contributed by atoms with Crippen molar-refractivity contribution in [1.82, 2.24) is 18.9 Å². The van der Waals surface area contributed by atoms with Crippen LogP contribution in [0, 0.1) is 5.92 Å². The van der Waals surface area contributed by atoms with Gasteiger partial charge < -0.3 is 4.90 Å². The molecule has 0 radical (unpaired) electrons. The predicted molar refractivity (Wildman–Crippen MR) is 109 cm³/mol. The van der Waals surface area contributed by atoms with Crippen molar-refractivity contribution in [1.29, 1.82) is 0 Å². The van der Waals surface area contributed by atoms with E-state index in [9.17, 15) is 4.79 Å². The van der Waals surface area contributed by atoms with Gasteiger partial charge in [-0.1, -0.05) is 27.2 Å². The summed E-state index contributed by atoms with van der Waals surface area (Å²) in [4.78, 5) is 24.1. The lowest BCUT2D eigenvalue weighted by molar-refractivity contribution is 0.349. The molecule has 0 aromatic carbocycles. The average Bonchev–Trinajstić information content (AvgIpc) is 3.04. The molecule has 1 saturated carbocycles. The van der Waals surface area contributed by atoms with Crippen LogP contribution in [-0.4, -0.2) is 32.0 Å². The number of hydrogen-bond acceptors (Lipinski definition) is 6. The first-order valence-corrected chi connectivity index (χ1v) is 10.8. The summed E-state index contributed by atoms with van der Waals surface area (Å²) in [6.45, 7) is 8.99. The zero-order chi connectivity index (χ0) is 19.0. The molecule has 2 aromatic rings. The monoisotopic (exact) mass is 387 g/mol. The lowest BCUT2D eigenvalue weighted by atomic mass is 9.85. The minimum Gasteiger partial charge on any atom is -0.347 e. The molecule has 6 nitrogen and oxygen atoms in total. The second-order valence-electron chi connectivity index (χ2n) is 9.01. The predicted octanol–water partition coefficient (Wildman–Crippen LogP) is 3.58. The molecule has 0 amide bonds. The number of aromatic nitrogens is 4. The zero-order valence-corrected chi connectivity index (χ0v) is 17.3. The molecule has 0 spiro atoms. The van der Waals surface area contributed by atoms with E-state index in [2.05, 4.69) is 35.0 Å². The van der Waals surface area contributed by atoms with Crippen LogP contribution in [-0.2, 0) is 12.0 Å². The number of anilines is 1. The number of nitrogens with zero attached hydrogens (tertiary/aromatic N) is 5. The van der Waals surface area contributed by atoms with E-state index in [1.54, 1.807) is 28.5 Å². The Labute approximate surface area is 164 Å². The van der Waals surface area contributed by atoms with Crippen LogP contribution in [0.15, 0.2) is 17.2 Å². The number of piperidine rings is 1. The largest absolute Gasteiger partial charge is 0.347 e. The highest BCUT2D eigenvalue weighted by Crippen LogP contribution is 2.36. The van der Waals surface area contributed by atoms with Gasteiger partial charge in [0.1, 0.15) is 5.82 Å². The summed E-state index contributed by atoms with van der Waals surface area (Å²) in [5.74, 6) is 2.17. The Balaban J connectivity index is 1.34. The van der Waals surface area contributed by atoms with E-state index in [0.29, 0.717) is 11.8 Å². The van der Waals surface area contributed by atoms with Gasteiger partial charge in [-0.05, 0) is 31.6 Å². The van der Waals surface area contributed by atoms with Crippen LogP contribution in [0.4, 0.5) is 5.13 Å². The summed E-state index contributed by atoms with van der Waals surface area (Å²) >= 11 is 1.54. The van der Waals surface area contributed by atoms with E-state index in [-0.39, 0.29) is 11.0 Å². The molecule has 4 rings (SSSR count). The van der Waals surface area contributed by atoms with Crippen molar-refractivity contribution in [3.63, 3.8) is 0 Å². The Hall–Kier alpha value is -1.76. The molecule has 2 aliphatic rings. The summed E-state index contributed by atoms with van der Waals surface area (Å²) in [5.41, 5.74) is 0.827. The lowest BCUT2D eigenvalue weighted by Gasteiger charge is -2.31. The second-order valence-corrected chi connectivity index (χ2v) is 9.74. The smallest absolute Gasteiger partial charge is 0.253 e. The van der Waals surface area contributed by atoms with Crippen LogP contribution in [0.5, 0.6) is 0 Å². The van der Waals surface area contributed by atoms with Crippen LogP contribution >= 0.6 is 11.5 Å². The first kappa shape index (κ1) is 18.6. The van der Waals surface area contributed by atoms with Gasteiger partial charge in [-0.2, -0.15) is 4.37 Å². The highest BCUT2D eigenvalue weighted by molar-refractivity contribution is 7.09. The highest BCUT2D eigenvalue weighted by atomic mass is 32.1. The fraction of sp³-hybridized carbons (Fsp3) is 0.700. The van der Waals surface area contributed by atoms with Crippen LogP contribution in [0.25, 0.3) is 0 Å². The van der Waals surface area contributed by atoms with Crippen LogP contribution in [0.1, 0.15) is 70.3 Å². The zero-order valence-electron chi connectivity index (χ0n) is 16.5. The molecule has 27 heavy (non-hydrogen) atoms. The van der Waals surface area contributed by atoms with Crippen molar-refractivity contribution in [2.75, 3.05) is 18.0 Å². The summed E-state index contributed by atoms with van der Waals surface area (Å²) in [6.07, 6.45) is 7.68. The van der Waals surface area contributed by atoms with Crippen molar-refractivity contribution in [3.8, 4) is 0 Å². The molecule has 1 aliphatic heterocycles. The third-order valence-corrected chi connectivity index (χ3v) is 6.68. The average molecular weight is 388 g/mol. The van der Waals surface area contributed by atoms with E-state index < -0.39 is 0 Å². The van der Waals surface area contributed by atoms with Crippen LogP contribution in [0.2, 0.25) is 0 Å². The Bertz CT molecular complexity index is 841. The van der Waals surface area contributed by atoms with Crippen LogP contribution < -0.4 is 10.5 Å². The molecule has 0 N–H and O–H groups in total. The molecule has 2 aromatic heterocycles. The number of rotatable bonds is 4. The topological polar surface area (TPSA) is 63.9 Å². The molecule has 0 unspecified atom stereocenters. The van der Waals surface area contributed by atoms with Crippen molar-refractivity contribution >= 4 is 16.7 Å². The molecule has 2 fully saturated rings. The third-order valence-electron chi connectivity index (χ3n) is 5.89. The van der Waals surface area contributed by atoms with Crippen LogP contribution in [0.3, 0.4) is 0 Å². The molecule has 1 saturated heterocycles. The second kappa shape index (κ2) is 7.34. The van der Waals surface area contributed by atoms with Crippen molar-refractivity contribution in [3.05, 3.63) is 34.3 Å². The molecule has 0 atom stereocenters. The van der Waals surface area contributed by atoms with E-state index in [1.807, 2.05) is 0 Å². The maximum Gasteiger partial charge on any atom is 0.253 e. The van der Waals surface area contributed by atoms with E-state index in [4.69, 9.17) is 4.98 Å². The van der Waals surface area contributed by atoms with Gasteiger partial charge in [0.2, 0.25) is 5.13 Å². The molecule has 146 valence electrons. The summed E-state index contributed by atoms with van der Waals surface area (Å²) in [5, 5.41) is 1.07. The molecule has 3 heterocycles. The van der Waals surface area contributed by atoms with Gasteiger partial charge in [-0.25, -0.2) is 9.97 Å². The minimum absolute atomic E-state index is 0.0617. The summed E-state index contributed by atoms with van der Waals surface area (Å²) in [7, 11) is 0. The van der Waals surface area contributed by atoms with Gasteiger partial charge in [-0.15, -0.1) is 0 Å². The van der Waals surface area contributed by atoms with Gasteiger partial charge in [0.25, 0.3) is 5.56 Å². The quantitative estimate of drug-likeness (QED) is 0.802. The van der Waals surface area contributed by atoms with Gasteiger partial charge in [0.05, 0.1) is 12.0 Å². The summed E-state index contributed by atoms with van der Waals surface area (Å²) < 4.78 is 6.35. The first-order chi connectivity index (χ1) is 12.9. The normalized spacial score (nSPS) is 19.3. The lowest BCUT2D eigenvalue weighted by Crippen LogP contribution is -2.36. The molecule has 1 aliphatic carbocycles. The fourth-order valence-corrected chi connectivity index (χ4v) is 4.54. The Kier molecular flexibility index (Phi) is 5.05. The molecular formula is C20H29N5OS. The van der Waals surface area contributed by atoms with Gasteiger partial charge in [-0.3, -0.25) is 9.36 Å². The molecule has 7 heteroatoms. The van der Waals surface area contributed by atoms with Crippen molar-refractivity contribution < 1.29 is 0 Å². The molecule has 0 bridgehead atoms. The molecular weight excluding hydrogens is 358 g/mol. The van der Waals surface area contributed by atoms with Crippen molar-refractivity contribution in [2.24, 2.45) is 5.92 Å². The Morgan fingerprint density at radius 3 is 2.52 bits per heavy atom. The third kappa shape index (κ3) is 4.08. The minimum atomic E-state index is -0.0936. The highest BCUT2D eigenvalue weighted by Gasteiger charge is 2.27. The van der Waals surface area contributed by atoms with E-state index in [0.717, 1.165) is 49.1 Å². The Morgan fingerprint density at radius 2 is 1.93 bits per heavy atom. The van der Waals surface area contributed by atoms with Gasteiger partial charge in [0, 0.05) is 48.6 Å². The van der Waals surface area contributed by atoms with Gasteiger partial charge in [0.15, 0.2) is 0 Å². The van der Waals surface area contributed by atoms with E-state index >= 15 is 0 Å². The van der Waals surface area contributed by atoms with Gasteiger partial charge >= 0.3 is 0 Å². The fourth-order valence-electron chi connectivity index (χ4n) is 3.75. The maximum absolute atomic E-state index is 12.4. The van der Waals surface area contributed by atoms with E-state index in [1.165, 1.54) is 19.3 Å². The Morgan fingerprint density at radius 1 is 1.19 bits per heavy atom. The maximum atomic E-state index is 12.4. The summed E-state index contributed by atoms with van der Waals surface area (Å²) in [6, 6.07) is 1.69.